The Morgan fingerprint density at radius 3 is 2.75 bits per heavy atom. The van der Waals surface area contributed by atoms with Gasteiger partial charge < -0.3 is 14.6 Å². The number of rotatable bonds is 5. The zero-order valence-corrected chi connectivity index (χ0v) is 11.7. The summed E-state index contributed by atoms with van der Waals surface area (Å²) >= 11 is 0. The van der Waals surface area contributed by atoms with Crippen LogP contribution in [0.2, 0.25) is 0 Å². The van der Waals surface area contributed by atoms with Gasteiger partial charge in [-0.3, -0.25) is 9.59 Å². The molecule has 2 aromatic rings. The van der Waals surface area contributed by atoms with Gasteiger partial charge in [-0.15, -0.1) is 0 Å². The van der Waals surface area contributed by atoms with Gasteiger partial charge in [0.15, 0.2) is 0 Å². The predicted octanol–water partition coefficient (Wildman–Crippen LogP) is 2.19. The Morgan fingerprint density at radius 2 is 2.05 bits per heavy atom. The van der Waals surface area contributed by atoms with E-state index in [0.717, 1.165) is 10.9 Å². The third kappa shape index (κ3) is 2.82. The second-order valence-corrected chi connectivity index (χ2v) is 4.46. The van der Waals surface area contributed by atoms with E-state index in [1.807, 2.05) is 31.2 Å². The van der Waals surface area contributed by atoms with Crippen LogP contribution in [0.5, 0.6) is 0 Å². The standard InChI is InChI=1S/C15H18N2O3/c1-3-17(9-8-14(18)20-2)15(19)12-10-16-13-7-5-4-6-11(12)13/h4-7,10,16H,3,8-9H2,1-2H3. The number of carbonyl (C=O) groups is 2. The van der Waals surface area contributed by atoms with Gasteiger partial charge in [-0.1, -0.05) is 18.2 Å². The highest BCUT2D eigenvalue weighted by molar-refractivity contribution is 6.06. The Kier molecular flexibility index (Phi) is 4.40. The predicted molar refractivity (Wildman–Crippen MR) is 76.5 cm³/mol. The van der Waals surface area contributed by atoms with Crippen LogP contribution in [-0.4, -0.2) is 42.0 Å². The Bertz CT molecular complexity index is 618. The molecule has 1 amide bonds. The summed E-state index contributed by atoms with van der Waals surface area (Å²) in [6.07, 6.45) is 1.92. The summed E-state index contributed by atoms with van der Waals surface area (Å²) in [5, 5.41) is 0.897. The molecule has 0 saturated carbocycles. The van der Waals surface area contributed by atoms with E-state index < -0.39 is 0 Å². The maximum Gasteiger partial charge on any atom is 0.307 e. The van der Waals surface area contributed by atoms with E-state index in [1.54, 1.807) is 11.1 Å². The number of esters is 1. The quantitative estimate of drug-likeness (QED) is 0.850. The maximum atomic E-state index is 12.5. The van der Waals surface area contributed by atoms with Crippen molar-refractivity contribution in [3.63, 3.8) is 0 Å². The number of nitrogens with one attached hydrogen (secondary N) is 1. The Morgan fingerprint density at radius 1 is 1.30 bits per heavy atom. The molecule has 106 valence electrons. The summed E-state index contributed by atoms with van der Waals surface area (Å²) < 4.78 is 4.60. The Balaban J connectivity index is 2.18. The largest absolute Gasteiger partial charge is 0.469 e. The first-order valence-electron chi connectivity index (χ1n) is 6.59. The normalized spacial score (nSPS) is 10.5. The second kappa shape index (κ2) is 6.23. The van der Waals surface area contributed by atoms with Crippen LogP contribution < -0.4 is 0 Å². The number of ether oxygens (including phenoxy) is 1. The number of amides is 1. The summed E-state index contributed by atoms with van der Waals surface area (Å²) in [5.41, 5.74) is 1.56. The lowest BCUT2D eigenvalue weighted by atomic mass is 10.1. The molecule has 1 aromatic heterocycles. The van der Waals surface area contributed by atoms with E-state index in [2.05, 4.69) is 9.72 Å². The van der Waals surface area contributed by atoms with E-state index in [9.17, 15) is 9.59 Å². The van der Waals surface area contributed by atoms with Gasteiger partial charge >= 0.3 is 5.97 Å². The minimum atomic E-state index is -0.310. The third-order valence-electron chi connectivity index (χ3n) is 3.30. The van der Waals surface area contributed by atoms with Gasteiger partial charge in [-0.05, 0) is 13.0 Å². The number of benzene rings is 1. The number of nitrogens with zero attached hydrogens (tertiary/aromatic N) is 1. The molecule has 20 heavy (non-hydrogen) atoms. The fourth-order valence-corrected chi connectivity index (χ4v) is 2.15. The lowest BCUT2D eigenvalue weighted by Gasteiger charge is -2.19. The highest BCUT2D eigenvalue weighted by Gasteiger charge is 2.18. The zero-order chi connectivity index (χ0) is 14.5. The monoisotopic (exact) mass is 274 g/mol. The molecule has 0 spiro atoms. The van der Waals surface area contributed by atoms with Crippen LogP contribution in [0.3, 0.4) is 0 Å². The van der Waals surface area contributed by atoms with Crippen molar-refractivity contribution in [3.05, 3.63) is 36.0 Å². The molecule has 5 heteroatoms. The summed E-state index contributed by atoms with van der Waals surface area (Å²) in [7, 11) is 1.35. The van der Waals surface area contributed by atoms with Crippen molar-refractivity contribution in [2.24, 2.45) is 0 Å². The first-order valence-corrected chi connectivity index (χ1v) is 6.59. The number of carbonyl (C=O) groups excluding carboxylic acids is 2. The summed E-state index contributed by atoms with van der Waals surface area (Å²) in [6.45, 7) is 2.81. The molecule has 0 atom stereocenters. The van der Waals surface area contributed by atoms with Crippen molar-refractivity contribution in [2.45, 2.75) is 13.3 Å². The molecule has 0 bridgehead atoms. The smallest absolute Gasteiger partial charge is 0.307 e. The molecule has 0 radical (unpaired) electrons. The van der Waals surface area contributed by atoms with Crippen LogP contribution >= 0.6 is 0 Å². The van der Waals surface area contributed by atoms with Crippen molar-refractivity contribution in [2.75, 3.05) is 20.2 Å². The van der Waals surface area contributed by atoms with Gasteiger partial charge in [0.05, 0.1) is 19.1 Å². The van der Waals surface area contributed by atoms with Gasteiger partial charge in [0, 0.05) is 30.2 Å². The lowest BCUT2D eigenvalue weighted by Crippen LogP contribution is -2.32. The molecular formula is C15H18N2O3. The second-order valence-electron chi connectivity index (χ2n) is 4.46. The fourth-order valence-electron chi connectivity index (χ4n) is 2.15. The molecule has 1 heterocycles. The molecule has 5 nitrogen and oxygen atoms in total. The van der Waals surface area contributed by atoms with Gasteiger partial charge in [0.25, 0.3) is 5.91 Å². The van der Waals surface area contributed by atoms with E-state index >= 15 is 0 Å². The maximum absolute atomic E-state index is 12.5. The zero-order valence-electron chi connectivity index (χ0n) is 11.7. The topological polar surface area (TPSA) is 62.4 Å². The van der Waals surface area contributed by atoms with Crippen LogP contribution in [0.1, 0.15) is 23.7 Å². The number of hydrogen-bond donors (Lipinski definition) is 1. The molecule has 0 aliphatic carbocycles. The van der Waals surface area contributed by atoms with Crippen LogP contribution in [0.4, 0.5) is 0 Å². The van der Waals surface area contributed by atoms with Crippen molar-refractivity contribution >= 4 is 22.8 Å². The van der Waals surface area contributed by atoms with Crippen molar-refractivity contribution in [1.82, 2.24) is 9.88 Å². The Hall–Kier alpha value is -2.30. The molecule has 0 unspecified atom stereocenters. The molecule has 0 fully saturated rings. The van der Waals surface area contributed by atoms with Crippen LogP contribution in [-0.2, 0) is 9.53 Å². The SMILES string of the molecule is CCN(CCC(=O)OC)C(=O)c1c[nH]c2ccccc12. The fraction of sp³-hybridized carbons (Fsp3) is 0.333. The average Bonchev–Trinajstić information content (AvgIpc) is 2.91. The number of aromatic amines is 1. The van der Waals surface area contributed by atoms with Gasteiger partial charge in [0.1, 0.15) is 0 Å². The van der Waals surface area contributed by atoms with Crippen LogP contribution in [0.25, 0.3) is 10.9 Å². The number of para-hydroxylation sites is 1. The van der Waals surface area contributed by atoms with Crippen molar-refractivity contribution in [1.29, 1.82) is 0 Å². The number of hydrogen-bond acceptors (Lipinski definition) is 3. The summed E-state index contributed by atoms with van der Waals surface area (Å²) in [4.78, 5) is 28.4. The molecule has 1 aromatic carbocycles. The average molecular weight is 274 g/mol. The van der Waals surface area contributed by atoms with Gasteiger partial charge in [-0.25, -0.2) is 0 Å². The molecular weight excluding hydrogens is 256 g/mol. The first kappa shape index (κ1) is 14.1. The number of fused-ring (bicyclic) bond motifs is 1. The van der Waals surface area contributed by atoms with Crippen molar-refractivity contribution in [3.8, 4) is 0 Å². The van der Waals surface area contributed by atoms with Crippen molar-refractivity contribution < 1.29 is 14.3 Å². The van der Waals surface area contributed by atoms with Gasteiger partial charge in [-0.2, -0.15) is 0 Å². The molecule has 1 N–H and O–H groups in total. The molecule has 0 aliphatic heterocycles. The van der Waals surface area contributed by atoms with E-state index in [4.69, 9.17) is 0 Å². The first-order chi connectivity index (χ1) is 9.67. The highest BCUT2D eigenvalue weighted by atomic mass is 16.5. The van der Waals surface area contributed by atoms with E-state index in [0.29, 0.717) is 18.7 Å². The summed E-state index contributed by atoms with van der Waals surface area (Å²) in [5.74, 6) is -0.385. The van der Waals surface area contributed by atoms with E-state index in [1.165, 1.54) is 7.11 Å². The Labute approximate surface area is 117 Å². The van der Waals surface area contributed by atoms with E-state index in [-0.39, 0.29) is 18.3 Å². The number of aromatic nitrogens is 1. The third-order valence-corrected chi connectivity index (χ3v) is 3.30. The minimum absolute atomic E-state index is 0.0751. The highest BCUT2D eigenvalue weighted by Crippen LogP contribution is 2.19. The van der Waals surface area contributed by atoms with Gasteiger partial charge in [0.2, 0.25) is 0 Å². The number of H-pyrrole nitrogens is 1. The molecule has 0 aliphatic rings. The minimum Gasteiger partial charge on any atom is -0.469 e. The lowest BCUT2D eigenvalue weighted by molar-refractivity contribution is -0.140. The molecule has 2 rings (SSSR count). The number of methoxy groups -OCH3 is 1. The summed E-state index contributed by atoms with van der Waals surface area (Å²) in [6, 6.07) is 7.66. The molecule has 0 saturated heterocycles. The van der Waals surface area contributed by atoms with Crippen LogP contribution in [0, 0.1) is 0 Å². The van der Waals surface area contributed by atoms with Crippen LogP contribution in [0.15, 0.2) is 30.5 Å².